The van der Waals surface area contributed by atoms with Gasteiger partial charge in [-0.05, 0) is 64.2 Å². The molecule has 0 radical (unpaired) electrons. The second-order valence-corrected chi connectivity index (χ2v) is 12.5. The minimum atomic E-state index is -1.34. The Morgan fingerprint density at radius 1 is 1.07 bits per heavy atom. The van der Waals surface area contributed by atoms with E-state index in [0.717, 1.165) is 35.0 Å². The number of hydrogen-bond acceptors (Lipinski definition) is 8. The Balaban J connectivity index is 1.49. The summed E-state index contributed by atoms with van der Waals surface area (Å²) in [6.07, 6.45) is 3.01. The zero-order chi connectivity index (χ0) is 31.1. The third kappa shape index (κ3) is 6.59. The molecule has 0 spiro atoms. The number of aliphatic hydroxyl groups excluding tert-OH is 1. The number of hydrazine groups is 1. The minimum Gasteiger partial charge on any atom is -0.392 e. The summed E-state index contributed by atoms with van der Waals surface area (Å²) in [5.74, 6) is -1.53. The maximum atomic E-state index is 13.6. The lowest BCUT2D eigenvalue weighted by Crippen LogP contribution is -2.61. The van der Waals surface area contributed by atoms with E-state index in [1.54, 1.807) is 32.9 Å². The second-order valence-electron chi connectivity index (χ2n) is 12.5. The number of rotatable bonds is 2. The van der Waals surface area contributed by atoms with Gasteiger partial charge in [0.05, 0.1) is 34.9 Å². The zero-order valence-corrected chi connectivity index (χ0v) is 25.7. The van der Waals surface area contributed by atoms with Crippen LogP contribution in [0.4, 0.5) is 0 Å². The molecule has 4 N–H and O–H groups in total. The Morgan fingerprint density at radius 3 is 2.53 bits per heavy atom. The van der Waals surface area contributed by atoms with Gasteiger partial charge in [-0.2, -0.15) is 0 Å². The maximum absolute atomic E-state index is 13.6. The van der Waals surface area contributed by atoms with Crippen LogP contribution in [0.15, 0.2) is 36.4 Å². The van der Waals surface area contributed by atoms with Crippen molar-refractivity contribution in [3.63, 3.8) is 0 Å². The van der Waals surface area contributed by atoms with Gasteiger partial charge in [-0.3, -0.25) is 24.4 Å². The first-order valence-corrected chi connectivity index (χ1v) is 15.1. The molecule has 2 saturated heterocycles. The van der Waals surface area contributed by atoms with Gasteiger partial charge in [-0.25, -0.2) is 5.43 Å². The Hall–Kier alpha value is -3.38. The van der Waals surface area contributed by atoms with E-state index in [2.05, 4.69) is 16.1 Å². The van der Waals surface area contributed by atoms with Gasteiger partial charge in [0.15, 0.2) is 6.29 Å². The number of pyridine rings is 1. The Kier molecular flexibility index (Phi) is 8.89. The van der Waals surface area contributed by atoms with Crippen LogP contribution in [0.5, 0.6) is 0 Å². The molecule has 5 rings (SSSR count). The van der Waals surface area contributed by atoms with Crippen molar-refractivity contribution in [1.29, 1.82) is 0 Å². The molecule has 232 valence electrons. The molecule has 3 aliphatic heterocycles. The Labute approximate surface area is 252 Å². The van der Waals surface area contributed by atoms with Crippen molar-refractivity contribution in [2.24, 2.45) is 11.3 Å². The quantitative estimate of drug-likeness (QED) is 0.389. The van der Waals surface area contributed by atoms with Crippen molar-refractivity contribution in [3.8, 4) is 0 Å². The number of amides is 3. The predicted molar refractivity (Wildman–Crippen MR) is 161 cm³/mol. The normalized spacial score (nSPS) is 33.8. The van der Waals surface area contributed by atoms with Crippen LogP contribution in [0.3, 0.4) is 0 Å². The maximum Gasteiger partial charge on any atom is 0.258 e. The van der Waals surface area contributed by atoms with Crippen LogP contribution in [0.2, 0.25) is 0 Å². The van der Waals surface area contributed by atoms with Gasteiger partial charge in [0.1, 0.15) is 18.2 Å². The molecule has 4 unspecified atom stereocenters. The summed E-state index contributed by atoms with van der Waals surface area (Å²) in [5.41, 5.74) is 4.26. The van der Waals surface area contributed by atoms with Gasteiger partial charge in [0.25, 0.3) is 5.91 Å². The standard InChI is InChI=1S/C32H43N5O6/c1-17(2)26-28(39)33-18(3)29(40)37-15-7-8-24(36-37)27-30(43-27)42-19(4)23-12-11-22-10-9-21(16-25(22)34-23)13-14-32(6,20(5)38)31(41)35-26/h9-14,16-20,24,26-27,30,36,38H,7-8,15H2,1-6H3,(H,33,39)(H,35,41)/b14-13+/t18-,19+,20?,24-,26-,27?,30?,32?/m0/s1. The van der Waals surface area contributed by atoms with E-state index in [4.69, 9.17) is 14.5 Å². The van der Waals surface area contributed by atoms with E-state index in [1.807, 2.05) is 51.1 Å². The van der Waals surface area contributed by atoms with Crippen LogP contribution >= 0.6 is 0 Å². The van der Waals surface area contributed by atoms with E-state index in [1.165, 1.54) is 5.01 Å². The van der Waals surface area contributed by atoms with E-state index in [-0.39, 0.29) is 30.1 Å². The summed E-state index contributed by atoms with van der Waals surface area (Å²) in [7, 11) is 0. The second kappa shape index (κ2) is 12.3. The summed E-state index contributed by atoms with van der Waals surface area (Å²) in [4.78, 5) is 45.2. The lowest BCUT2D eigenvalue weighted by molar-refractivity contribution is -0.142. The van der Waals surface area contributed by atoms with E-state index in [9.17, 15) is 19.5 Å². The molecule has 1 aromatic carbocycles. The summed E-state index contributed by atoms with van der Waals surface area (Å²) in [6.45, 7) is 10.9. The molecule has 0 aliphatic carbocycles. The zero-order valence-electron chi connectivity index (χ0n) is 25.7. The lowest BCUT2D eigenvalue weighted by Gasteiger charge is -2.35. The van der Waals surface area contributed by atoms with Crippen LogP contribution < -0.4 is 16.1 Å². The first-order valence-electron chi connectivity index (χ1n) is 15.1. The molecule has 5 bridgehead atoms. The Bertz CT molecular complexity index is 1410. The van der Waals surface area contributed by atoms with Crippen LogP contribution in [-0.4, -0.2) is 76.0 Å². The molecule has 8 atom stereocenters. The van der Waals surface area contributed by atoms with Crippen molar-refractivity contribution in [2.45, 2.75) is 97.1 Å². The van der Waals surface area contributed by atoms with Crippen molar-refractivity contribution in [3.05, 3.63) is 47.7 Å². The van der Waals surface area contributed by atoms with Gasteiger partial charge in [0, 0.05) is 11.9 Å². The SMILES string of the molecule is CC(C)[C@@H]1NC(=O)C(C)(C(C)O)/C=C/c2ccc3ccc(nc3c2)[C@@H](C)OC2OC2[C@@H]2CCCN(N2)C(=O)[C@H](C)NC1=O. The fourth-order valence-electron chi connectivity index (χ4n) is 5.57. The third-order valence-corrected chi connectivity index (χ3v) is 8.80. The molecular weight excluding hydrogens is 550 g/mol. The highest BCUT2D eigenvalue weighted by Crippen LogP contribution is 2.35. The summed E-state index contributed by atoms with van der Waals surface area (Å²) < 4.78 is 12.1. The highest BCUT2D eigenvalue weighted by Gasteiger charge is 2.49. The number of carbonyl (C=O) groups is 3. The first-order chi connectivity index (χ1) is 20.4. The van der Waals surface area contributed by atoms with Crippen LogP contribution in [0.25, 0.3) is 17.0 Å². The highest BCUT2D eigenvalue weighted by atomic mass is 16.8. The van der Waals surface area contributed by atoms with E-state index < -0.39 is 41.7 Å². The lowest BCUT2D eigenvalue weighted by atomic mass is 9.82. The fraction of sp³-hybridized carbons (Fsp3) is 0.562. The number of hydrogen-bond donors (Lipinski definition) is 4. The molecule has 0 saturated carbocycles. The smallest absolute Gasteiger partial charge is 0.258 e. The highest BCUT2D eigenvalue weighted by molar-refractivity contribution is 5.94. The number of epoxide rings is 1. The van der Waals surface area contributed by atoms with Crippen LogP contribution in [-0.2, 0) is 23.9 Å². The monoisotopic (exact) mass is 593 g/mol. The minimum absolute atomic E-state index is 0.115. The number of aliphatic hydroxyl groups is 1. The van der Waals surface area contributed by atoms with Crippen LogP contribution in [0, 0.1) is 11.3 Å². The number of fused-ring (bicyclic) bond motifs is 6. The van der Waals surface area contributed by atoms with Gasteiger partial charge >= 0.3 is 0 Å². The molecule has 2 fully saturated rings. The number of nitrogens with one attached hydrogen (secondary N) is 3. The number of nitrogens with zero attached hydrogens (tertiary/aromatic N) is 2. The number of aromatic nitrogens is 1. The number of benzene rings is 1. The van der Waals surface area contributed by atoms with Crippen molar-refractivity contribution in [2.75, 3.05) is 6.54 Å². The third-order valence-electron chi connectivity index (χ3n) is 8.80. The molecule has 11 nitrogen and oxygen atoms in total. The molecule has 1 aromatic heterocycles. The Morgan fingerprint density at radius 2 is 1.81 bits per heavy atom. The largest absolute Gasteiger partial charge is 0.392 e. The predicted octanol–water partition coefficient (Wildman–Crippen LogP) is 2.59. The molecule has 3 aliphatic rings. The van der Waals surface area contributed by atoms with Gasteiger partial charge in [0.2, 0.25) is 11.8 Å². The molecule has 4 heterocycles. The summed E-state index contributed by atoms with van der Waals surface area (Å²) >= 11 is 0. The number of carbonyl (C=O) groups excluding carboxylic acids is 3. The van der Waals surface area contributed by atoms with Gasteiger partial charge < -0.3 is 25.2 Å². The van der Waals surface area contributed by atoms with E-state index >= 15 is 0 Å². The van der Waals surface area contributed by atoms with Crippen molar-refractivity contribution >= 4 is 34.7 Å². The average molecular weight is 594 g/mol. The topological polar surface area (TPSA) is 145 Å². The van der Waals surface area contributed by atoms with Gasteiger partial charge in [-0.15, -0.1) is 0 Å². The molecule has 3 amide bonds. The van der Waals surface area contributed by atoms with Crippen molar-refractivity contribution < 1.29 is 29.0 Å². The molecule has 2 aromatic rings. The fourth-order valence-corrected chi connectivity index (χ4v) is 5.57. The average Bonchev–Trinajstić information content (AvgIpc) is 3.75. The summed E-state index contributed by atoms with van der Waals surface area (Å²) in [5, 5.41) is 18.8. The van der Waals surface area contributed by atoms with Crippen LogP contribution in [0.1, 0.15) is 71.7 Å². The summed E-state index contributed by atoms with van der Waals surface area (Å²) in [6, 6.07) is 7.86. The number of ether oxygens (including phenoxy) is 2. The molecule has 11 heteroatoms. The van der Waals surface area contributed by atoms with Gasteiger partial charge in [-0.1, -0.05) is 44.2 Å². The first kappa shape index (κ1) is 31.1. The van der Waals surface area contributed by atoms with Crippen molar-refractivity contribution in [1.82, 2.24) is 26.1 Å². The molecule has 43 heavy (non-hydrogen) atoms. The molecular formula is C32H43N5O6. The van der Waals surface area contributed by atoms with E-state index in [0.29, 0.717) is 6.54 Å².